The number of aliphatic hydroxyl groups is 20. The number of carbonyl (C=O) groups excluding carboxylic acids is 4. The molecule has 7 aliphatic rings. The maximum Gasteiger partial charge on any atom is 0.364 e. The molecule has 0 aliphatic carbocycles. The normalized spacial score (nSPS) is 36.4. The number of nitrogens with one attached hydrogen (secondary N) is 4. The SMILES string of the molecule is CCCCCCCC/C=C\CCCCCCCCCCCCCC(=O)N[C@@H](CO[C@@H]1OC(CO)[C@@H](O[C@@H]2OC(CO)[C@H](O[C@@H]3OC(CO)[C@H](O)[C@H](O[C@@H]4OC(CO)[C@H](O)[C@H](O[C@@H]5OC(CO)[C@H](O)[C@H](O[C@H]6OC(C)[C@@H](O)C(O)[C@@H]6O)C5NC(C)=O)C4O)C3NC(C)=O)[C@H](O[C@]3(C(=O)O)CC(O)[C@@H](NC(C)=O)C([C@H](O)[C@H](O)CO)O3)C2O)[C@H](O)C1O)[C@H](O)/C=C/CCCCCCCCCCCCC. The second kappa shape index (κ2) is 62.3. The molecule has 0 saturated carbocycles. The predicted octanol–water partition coefficient (Wildman–Crippen LogP) is -2.11. The Morgan fingerprint density at radius 1 is 0.394 bits per heavy atom. The highest BCUT2D eigenvalue weighted by molar-refractivity contribution is 5.77. The van der Waals surface area contributed by atoms with Crippen molar-refractivity contribution in [1.82, 2.24) is 21.3 Å². The molecule has 44 nitrogen and oxygen atoms in total. The van der Waals surface area contributed by atoms with Crippen LogP contribution in [0, 0.1) is 0 Å². The first-order valence-electron chi connectivity index (χ1n) is 49.6. The van der Waals surface area contributed by atoms with Crippen LogP contribution in [-0.4, -0.2) is 416 Å². The van der Waals surface area contributed by atoms with E-state index in [2.05, 4.69) is 47.3 Å². The van der Waals surface area contributed by atoms with Crippen LogP contribution in [0.2, 0.25) is 0 Å². The lowest BCUT2D eigenvalue weighted by Gasteiger charge is -2.53. The van der Waals surface area contributed by atoms with Crippen LogP contribution in [-0.2, 0) is 90.3 Å². The molecule has 7 fully saturated rings. The fourth-order valence-electron chi connectivity index (χ4n) is 18.4. The van der Waals surface area contributed by atoms with Crippen molar-refractivity contribution in [2.24, 2.45) is 0 Å². The molecular weight excluding hydrogens is 1810 g/mol. The molecule has 7 aliphatic heterocycles. The highest BCUT2D eigenvalue weighted by Gasteiger charge is 2.63. The number of carboxylic acids is 1. The van der Waals surface area contributed by atoms with Gasteiger partial charge in [-0.3, -0.25) is 19.2 Å². The summed E-state index contributed by atoms with van der Waals surface area (Å²) in [4.78, 5) is 67.2. The van der Waals surface area contributed by atoms with Gasteiger partial charge in [-0.15, -0.1) is 0 Å². The number of aliphatic carboxylic acids is 1. The fourth-order valence-corrected chi connectivity index (χ4v) is 18.4. The maximum absolute atomic E-state index is 14.1. The van der Waals surface area contributed by atoms with Gasteiger partial charge in [-0.05, 0) is 51.9 Å². The number of carboxylic acid groups (broad SMARTS) is 1. The van der Waals surface area contributed by atoms with Gasteiger partial charge in [0.1, 0.15) is 159 Å². The summed E-state index contributed by atoms with van der Waals surface area (Å²) in [6.45, 7) is 0.898. The molecule has 7 rings (SSSR count). The molecule has 7 saturated heterocycles. The summed E-state index contributed by atoms with van der Waals surface area (Å²) in [6.07, 6.45) is -27.8. The zero-order valence-corrected chi connectivity index (χ0v) is 80.1. The molecule has 137 heavy (non-hydrogen) atoms. The molecule has 796 valence electrons. The minimum Gasteiger partial charge on any atom is -0.477 e. The average Bonchev–Trinajstić information content (AvgIpc) is 0.740. The van der Waals surface area contributed by atoms with E-state index in [1.165, 1.54) is 116 Å². The van der Waals surface area contributed by atoms with E-state index < -0.39 is 315 Å². The second-order valence-corrected chi connectivity index (χ2v) is 37.4. The predicted molar refractivity (Wildman–Crippen MR) is 481 cm³/mol. The Labute approximate surface area is 801 Å². The monoisotopic (exact) mass is 1980 g/mol. The van der Waals surface area contributed by atoms with Gasteiger partial charge >= 0.3 is 5.97 Å². The highest BCUT2D eigenvalue weighted by atomic mass is 16.8. The van der Waals surface area contributed by atoms with E-state index in [-0.39, 0.29) is 6.42 Å². The van der Waals surface area contributed by atoms with Crippen LogP contribution in [0.25, 0.3) is 0 Å². The van der Waals surface area contributed by atoms with Crippen molar-refractivity contribution in [3.8, 4) is 0 Å². The number of allylic oxidation sites excluding steroid dienone is 3. The topological polar surface area (TPSA) is 688 Å². The van der Waals surface area contributed by atoms with Gasteiger partial charge in [0, 0.05) is 33.6 Å². The van der Waals surface area contributed by atoms with Gasteiger partial charge in [-0.2, -0.15) is 0 Å². The molecule has 7 heterocycles. The fraction of sp³-hybridized carbons (Fsp3) is 0.903. The number of carbonyl (C=O) groups is 5. The van der Waals surface area contributed by atoms with Gasteiger partial charge in [0.25, 0.3) is 5.79 Å². The van der Waals surface area contributed by atoms with Crippen LogP contribution in [0.15, 0.2) is 24.3 Å². The Hall–Kier alpha value is -4.53. The minimum atomic E-state index is -3.49. The molecular formula is C93H164N4O40. The molecule has 4 amide bonds. The van der Waals surface area contributed by atoms with Crippen LogP contribution >= 0.6 is 0 Å². The Morgan fingerprint density at radius 3 is 1.22 bits per heavy atom. The first-order valence-corrected chi connectivity index (χ1v) is 49.6. The number of ether oxygens (including phenoxy) is 14. The first kappa shape index (κ1) is 119. The van der Waals surface area contributed by atoms with Crippen molar-refractivity contribution in [2.75, 3.05) is 46.2 Å². The molecule has 0 aromatic carbocycles. The second-order valence-electron chi connectivity index (χ2n) is 37.4. The third-order valence-electron chi connectivity index (χ3n) is 26.3. The number of hydrogen-bond acceptors (Lipinski definition) is 39. The van der Waals surface area contributed by atoms with Crippen LogP contribution in [0.4, 0.5) is 0 Å². The van der Waals surface area contributed by atoms with E-state index >= 15 is 0 Å². The molecule has 0 aromatic heterocycles. The zero-order chi connectivity index (χ0) is 101. The van der Waals surface area contributed by atoms with Gasteiger partial charge in [-0.1, -0.05) is 192 Å². The van der Waals surface area contributed by atoms with Crippen molar-refractivity contribution in [2.45, 2.75) is 486 Å². The van der Waals surface area contributed by atoms with Gasteiger partial charge in [-0.25, -0.2) is 4.79 Å². The summed E-state index contributed by atoms with van der Waals surface area (Å²) >= 11 is 0. The third-order valence-corrected chi connectivity index (χ3v) is 26.3. The molecule has 0 aromatic rings. The molecule has 0 spiro atoms. The van der Waals surface area contributed by atoms with E-state index in [9.17, 15) is 131 Å². The van der Waals surface area contributed by atoms with Gasteiger partial charge in [0.15, 0.2) is 37.7 Å². The van der Waals surface area contributed by atoms with Crippen molar-refractivity contribution in [3.05, 3.63) is 24.3 Å². The smallest absolute Gasteiger partial charge is 0.364 e. The molecule has 38 atom stereocenters. The number of amides is 4. The zero-order valence-electron chi connectivity index (χ0n) is 80.1. The van der Waals surface area contributed by atoms with E-state index in [0.717, 1.165) is 104 Å². The van der Waals surface area contributed by atoms with Crippen LogP contribution in [0.5, 0.6) is 0 Å². The highest BCUT2D eigenvalue weighted by Crippen LogP contribution is 2.43. The molecule has 0 radical (unpaired) electrons. The standard InChI is InChI=1S/C93H164N4O40/c1-7-9-11-13-15-17-19-21-22-23-24-25-26-27-28-30-32-34-36-38-40-42-64(110)97-55(56(107)41-39-37-35-33-31-29-20-18-16-14-12-10-8-2)50-124-88-76(119)74(117)79(62(48-102)129-88)131-91-78(121)85(137-93(92(122)123)43-57(108)65(94-52(4)104)83(136-93)69(112)58(109)44-98)80(63(49-103)130-91)132-86-66(95-53(5)105)82(71(114)59(45-99)126-86)134-90-77(120)84(72(115)61(47-101)128-90)135-87-67(96-54(6)106)81(70(113)60(46-100)127-87)133-89-75(118)73(116)68(111)51(3)125-89/h21-22,39,41,51,55-63,65-91,98-103,107-109,111-121H,7-20,23-38,40,42-50H2,1-6H3,(H,94,104)(H,95,105)(H,96,106)(H,97,110)(H,122,123)/b22-21-,41-39+/t51?,55-,56+,57?,58+,59?,60?,61?,62?,63?,65+,66?,67?,68+,69+,70-,71-,72-,73?,74+,75-,76?,77?,78?,79+,80-,81+,82+,83?,84-,85+,86-,87-,88+,89+,90-,91-,93-/m0/s1. The summed E-state index contributed by atoms with van der Waals surface area (Å²) in [5, 5.41) is 249. The quantitative estimate of drug-likeness (QED) is 0.0229. The lowest BCUT2D eigenvalue weighted by molar-refractivity contribution is -0.404. The van der Waals surface area contributed by atoms with Crippen LogP contribution < -0.4 is 21.3 Å². The van der Waals surface area contributed by atoms with E-state index in [0.29, 0.717) is 12.8 Å². The maximum atomic E-state index is 14.1. The molecule has 14 unspecified atom stereocenters. The van der Waals surface area contributed by atoms with E-state index in [4.69, 9.17) is 66.3 Å². The van der Waals surface area contributed by atoms with Gasteiger partial charge in [0.05, 0.1) is 76.6 Å². The lowest BCUT2D eigenvalue weighted by atomic mass is 9.88. The van der Waals surface area contributed by atoms with Gasteiger partial charge < -0.3 is 195 Å². The Bertz CT molecular complexity index is 3450. The largest absolute Gasteiger partial charge is 0.477 e. The number of unbranched alkanes of at least 4 members (excludes halogenated alkanes) is 28. The Morgan fingerprint density at radius 2 is 0.766 bits per heavy atom. The van der Waals surface area contributed by atoms with Crippen molar-refractivity contribution < 1.29 is 198 Å². The number of hydrogen-bond donors (Lipinski definition) is 25. The minimum absolute atomic E-state index is 0.0963. The lowest BCUT2D eigenvalue weighted by Crippen LogP contribution is -2.72. The third kappa shape index (κ3) is 36.0. The Balaban J connectivity index is 1.12. The average molecular weight is 1980 g/mol. The molecule has 44 heteroatoms. The van der Waals surface area contributed by atoms with Crippen molar-refractivity contribution in [3.63, 3.8) is 0 Å². The van der Waals surface area contributed by atoms with Crippen LogP contribution in [0.1, 0.15) is 253 Å². The molecule has 0 bridgehead atoms. The number of aliphatic hydroxyl groups excluding tert-OH is 20. The van der Waals surface area contributed by atoms with Crippen LogP contribution in [0.3, 0.4) is 0 Å². The van der Waals surface area contributed by atoms with Gasteiger partial charge in [0.2, 0.25) is 23.6 Å². The summed E-state index contributed by atoms with van der Waals surface area (Å²) in [6, 6.07) is -6.93. The van der Waals surface area contributed by atoms with E-state index in [1.54, 1.807) is 6.08 Å². The summed E-state index contributed by atoms with van der Waals surface area (Å²) in [7, 11) is 0. The van der Waals surface area contributed by atoms with Crippen molar-refractivity contribution >= 4 is 29.6 Å². The number of rotatable bonds is 63. The molecule has 25 N–H and O–H groups in total. The van der Waals surface area contributed by atoms with E-state index in [1.807, 2.05) is 0 Å². The summed E-state index contributed by atoms with van der Waals surface area (Å²) in [5.41, 5.74) is 0. The summed E-state index contributed by atoms with van der Waals surface area (Å²) < 4.78 is 85.1. The summed E-state index contributed by atoms with van der Waals surface area (Å²) in [5.74, 6) is -8.94. The van der Waals surface area contributed by atoms with Crippen molar-refractivity contribution in [1.29, 1.82) is 0 Å². The Kier molecular flexibility index (Phi) is 54.3. The first-order chi connectivity index (χ1) is 65.6.